The van der Waals surface area contributed by atoms with Crippen LogP contribution in [0.1, 0.15) is 5.56 Å². The Morgan fingerprint density at radius 1 is 0.889 bits per heavy atom. The van der Waals surface area contributed by atoms with Crippen molar-refractivity contribution in [3.63, 3.8) is 0 Å². The number of benzene rings is 1. The predicted molar refractivity (Wildman–Crippen MR) is 107 cm³/mol. The van der Waals surface area contributed by atoms with Gasteiger partial charge in [0.25, 0.3) is 0 Å². The van der Waals surface area contributed by atoms with E-state index >= 15 is 0 Å². The first-order chi connectivity index (χ1) is 13.3. The third-order valence-electron chi connectivity index (χ3n) is 4.67. The SMILES string of the molecule is Cc1c(Nc2nc(-c3ccncc3)nc3ncccc23)ccc2[nH]ccc12. The Balaban J connectivity index is 1.68. The Morgan fingerprint density at radius 3 is 2.67 bits per heavy atom. The highest BCUT2D eigenvalue weighted by Crippen LogP contribution is 2.30. The van der Waals surface area contributed by atoms with Gasteiger partial charge in [-0.3, -0.25) is 4.98 Å². The molecule has 5 aromatic rings. The van der Waals surface area contributed by atoms with Gasteiger partial charge in [0.15, 0.2) is 11.5 Å². The highest BCUT2D eigenvalue weighted by molar-refractivity contribution is 5.93. The first-order valence-corrected chi connectivity index (χ1v) is 8.66. The summed E-state index contributed by atoms with van der Waals surface area (Å²) < 4.78 is 0. The molecule has 0 radical (unpaired) electrons. The van der Waals surface area contributed by atoms with Crippen LogP contribution in [0.4, 0.5) is 11.5 Å². The number of nitrogens with zero attached hydrogens (tertiary/aromatic N) is 4. The fraction of sp³-hybridized carbons (Fsp3) is 0.0476. The molecule has 0 saturated carbocycles. The fourth-order valence-corrected chi connectivity index (χ4v) is 3.23. The molecule has 1 aromatic carbocycles. The van der Waals surface area contributed by atoms with Gasteiger partial charge >= 0.3 is 0 Å². The van der Waals surface area contributed by atoms with Crippen LogP contribution in [-0.4, -0.2) is 24.9 Å². The first kappa shape index (κ1) is 15.5. The minimum absolute atomic E-state index is 0.617. The van der Waals surface area contributed by atoms with E-state index in [4.69, 9.17) is 4.98 Å². The molecule has 0 aliphatic rings. The van der Waals surface area contributed by atoms with Gasteiger partial charge in [-0.2, -0.15) is 0 Å². The lowest BCUT2D eigenvalue weighted by Crippen LogP contribution is -2.01. The van der Waals surface area contributed by atoms with Crippen molar-refractivity contribution in [1.29, 1.82) is 0 Å². The molecule has 6 heteroatoms. The lowest BCUT2D eigenvalue weighted by molar-refractivity contribution is 1.18. The molecule has 0 aliphatic heterocycles. The summed E-state index contributed by atoms with van der Waals surface area (Å²) in [5.74, 6) is 1.35. The van der Waals surface area contributed by atoms with Gasteiger partial charge in [0, 0.05) is 46.9 Å². The zero-order chi connectivity index (χ0) is 18.2. The number of aromatic nitrogens is 5. The molecular formula is C21H16N6. The van der Waals surface area contributed by atoms with Crippen LogP contribution in [0, 0.1) is 6.92 Å². The van der Waals surface area contributed by atoms with Crippen LogP contribution in [0.25, 0.3) is 33.3 Å². The number of aromatic amines is 1. The second kappa shape index (κ2) is 6.17. The number of fused-ring (bicyclic) bond motifs is 2. The monoisotopic (exact) mass is 352 g/mol. The van der Waals surface area contributed by atoms with Gasteiger partial charge in [0.05, 0.1) is 5.39 Å². The van der Waals surface area contributed by atoms with Gasteiger partial charge in [0.1, 0.15) is 5.82 Å². The molecule has 5 rings (SSSR count). The normalized spacial score (nSPS) is 11.1. The number of anilines is 2. The molecular weight excluding hydrogens is 336 g/mol. The number of aryl methyl sites for hydroxylation is 1. The molecule has 0 amide bonds. The maximum absolute atomic E-state index is 4.78. The summed E-state index contributed by atoms with van der Waals surface area (Å²) in [7, 11) is 0. The summed E-state index contributed by atoms with van der Waals surface area (Å²) in [5, 5.41) is 5.55. The summed E-state index contributed by atoms with van der Waals surface area (Å²) in [6.07, 6.45) is 7.16. The molecule has 0 atom stereocenters. The summed E-state index contributed by atoms with van der Waals surface area (Å²) in [6.45, 7) is 2.10. The van der Waals surface area contributed by atoms with E-state index in [1.807, 2.05) is 30.5 Å². The zero-order valence-electron chi connectivity index (χ0n) is 14.6. The summed E-state index contributed by atoms with van der Waals surface area (Å²) in [4.78, 5) is 21.1. The van der Waals surface area contributed by atoms with Gasteiger partial charge in [-0.1, -0.05) is 0 Å². The number of hydrogen-bond acceptors (Lipinski definition) is 5. The standard InChI is InChI=1S/C21H16N6/c1-13-15-8-12-23-18(15)5-4-17(13)25-21-16-3-2-9-24-20(16)26-19(27-21)14-6-10-22-11-7-14/h2-12,23H,1H3,(H,24,25,26,27). The minimum Gasteiger partial charge on any atom is -0.361 e. The predicted octanol–water partition coefficient (Wildman–Crippen LogP) is 4.62. The Morgan fingerprint density at radius 2 is 1.78 bits per heavy atom. The largest absolute Gasteiger partial charge is 0.361 e. The summed E-state index contributed by atoms with van der Waals surface area (Å²) in [6, 6.07) is 13.9. The zero-order valence-corrected chi connectivity index (χ0v) is 14.6. The molecule has 6 nitrogen and oxygen atoms in total. The fourth-order valence-electron chi connectivity index (χ4n) is 3.23. The molecule has 0 aliphatic carbocycles. The van der Waals surface area contributed by atoms with Crippen molar-refractivity contribution in [1.82, 2.24) is 24.9 Å². The van der Waals surface area contributed by atoms with E-state index in [1.165, 1.54) is 5.39 Å². The lowest BCUT2D eigenvalue weighted by Gasteiger charge is -2.13. The molecule has 130 valence electrons. The number of nitrogens with one attached hydrogen (secondary N) is 2. The Kier molecular flexibility index (Phi) is 3.53. The van der Waals surface area contributed by atoms with Crippen LogP contribution < -0.4 is 5.32 Å². The number of H-pyrrole nitrogens is 1. The number of rotatable bonds is 3. The summed E-state index contributed by atoms with van der Waals surface area (Å²) in [5.41, 5.74) is 4.84. The third kappa shape index (κ3) is 2.67. The number of pyridine rings is 2. The Labute approximate surface area is 155 Å². The van der Waals surface area contributed by atoms with Crippen LogP contribution in [0.2, 0.25) is 0 Å². The van der Waals surface area contributed by atoms with Crippen molar-refractivity contribution in [2.24, 2.45) is 0 Å². The van der Waals surface area contributed by atoms with E-state index < -0.39 is 0 Å². The maximum Gasteiger partial charge on any atom is 0.165 e. The van der Waals surface area contributed by atoms with Gasteiger partial charge in [-0.25, -0.2) is 15.0 Å². The first-order valence-electron chi connectivity index (χ1n) is 8.66. The second-order valence-electron chi connectivity index (χ2n) is 6.31. The average molecular weight is 352 g/mol. The molecule has 0 fully saturated rings. The van der Waals surface area contributed by atoms with E-state index in [-0.39, 0.29) is 0 Å². The van der Waals surface area contributed by atoms with Crippen LogP contribution in [0.5, 0.6) is 0 Å². The van der Waals surface area contributed by atoms with Crippen LogP contribution in [-0.2, 0) is 0 Å². The molecule has 0 bridgehead atoms. The average Bonchev–Trinajstić information content (AvgIpc) is 3.20. The molecule has 0 saturated heterocycles. The third-order valence-corrected chi connectivity index (χ3v) is 4.67. The molecule has 4 aromatic heterocycles. The topological polar surface area (TPSA) is 79.4 Å². The van der Waals surface area contributed by atoms with Crippen molar-refractivity contribution in [2.45, 2.75) is 6.92 Å². The molecule has 4 heterocycles. The van der Waals surface area contributed by atoms with Crippen molar-refractivity contribution in [3.05, 3.63) is 72.8 Å². The molecule has 27 heavy (non-hydrogen) atoms. The second-order valence-corrected chi connectivity index (χ2v) is 6.31. The van der Waals surface area contributed by atoms with E-state index in [9.17, 15) is 0 Å². The van der Waals surface area contributed by atoms with Crippen LogP contribution in [0.3, 0.4) is 0 Å². The molecule has 2 N–H and O–H groups in total. The van der Waals surface area contributed by atoms with E-state index in [2.05, 4.69) is 50.4 Å². The number of hydrogen-bond donors (Lipinski definition) is 2. The van der Waals surface area contributed by atoms with Gasteiger partial charge in [0.2, 0.25) is 0 Å². The highest BCUT2D eigenvalue weighted by atomic mass is 15.1. The van der Waals surface area contributed by atoms with E-state index in [0.29, 0.717) is 11.5 Å². The van der Waals surface area contributed by atoms with Crippen molar-refractivity contribution >= 4 is 33.4 Å². The Bertz CT molecular complexity index is 1260. The van der Waals surface area contributed by atoms with Gasteiger partial charge in [-0.15, -0.1) is 0 Å². The molecule has 0 unspecified atom stereocenters. The van der Waals surface area contributed by atoms with Gasteiger partial charge in [-0.05, 0) is 55.0 Å². The Hall–Kier alpha value is -3.80. The minimum atomic E-state index is 0.617. The van der Waals surface area contributed by atoms with E-state index in [0.717, 1.165) is 33.5 Å². The van der Waals surface area contributed by atoms with E-state index in [1.54, 1.807) is 18.6 Å². The highest BCUT2D eigenvalue weighted by Gasteiger charge is 2.12. The maximum atomic E-state index is 4.78. The van der Waals surface area contributed by atoms with Crippen molar-refractivity contribution in [3.8, 4) is 11.4 Å². The van der Waals surface area contributed by atoms with Crippen molar-refractivity contribution < 1.29 is 0 Å². The van der Waals surface area contributed by atoms with Crippen LogP contribution in [0.15, 0.2) is 67.3 Å². The quantitative estimate of drug-likeness (QED) is 0.495. The summed E-state index contributed by atoms with van der Waals surface area (Å²) >= 11 is 0. The lowest BCUT2D eigenvalue weighted by atomic mass is 10.1. The van der Waals surface area contributed by atoms with Gasteiger partial charge < -0.3 is 10.3 Å². The van der Waals surface area contributed by atoms with Crippen molar-refractivity contribution in [2.75, 3.05) is 5.32 Å². The smallest absolute Gasteiger partial charge is 0.165 e. The molecule has 0 spiro atoms. The van der Waals surface area contributed by atoms with Crippen LogP contribution >= 0.6 is 0 Å².